The van der Waals surface area contributed by atoms with Crippen LogP contribution in [0.15, 0.2) is 30.6 Å². The molecule has 4 aromatic heterocycles. The van der Waals surface area contributed by atoms with E-state index in [-0.39, 0.29) is 0 Å². The van der Waals surface area contributed by atoms with Crippen LogP contribution in [0.2, 0.25) is 0 Å². The summed E-state index contributed by atoms with van der Waals surface area (Å²) in [4.78, 5) is 15.4. The van der Waals surface area contributed by atoms with Crippen molar-refractivity contribution in [2.75, 3.05) is 29.9 Å². The fourth-order valence-electron chi connectivity index (χ4n) is 3.41. The van der Waals surface area contributed by atoms with Gasteiger partial charge in [-0.05, 0) is 32.0 Å². The molecule has 1 aliphatic rings. The van der Waals surface area contributed by atoms with Crippen LogP contribution in [-0.4, -0.2) is 54.4 Å². The standard InChI is InChI=1S/C18H19N9/c1-11-21-15-8-19-6-5-14(15)18(22-11)20-7-13-9-26(10-13)17-4-3-16-24-23-12(2)27(16)25-17/h3-6,8,13H,7,9-10H2,1-2H3,(H,20,21,22). The lowest BCUT2D eigenvalue weighted by molar-refractivity contribution is 0.424. The van der Waals surface area contributed by atoms with Gasteiger partial charge in [-0.3, -0.25) is 4.98 Å². The monoisotopic (exact) mass is 361 g/mol. The summed E-state index contributed by atoms with van der Waals surface area (Å²) >= 11 is 0. The van der Waals surface area contributed by atoms with Gasteiger partial charge in [0.25, 0.3) is 0 Å². The minimum Gasteiger partial charge on any atom is -0.369 e. The van der Waals surface area contributed by atoms with Gasteiger partial charge in [-0.15, -0.1) is 15.3 Å². The third-order valence-corrected chi connectivity index (χ3v) is 4.86. The maximum absolute atomic E-state index is 4.63. The Labute approximate surface area is 155 Å². The lowest BCUT2D eigenvalue weighted by Gasteiger charge is -2.40. The number of fused-ring (bicyclic) bond motifs is 2. The molecule has 27 heavy (non-hydrogen) atoms. The van der Waals surface area contributed by atoms with Gasteiger partial charge in [-0.1, -0.05) is 0 Å². The first-order valence-corrected chi connectivity index (χ1v) is 8.93. The van der Waals surface area contributed by atoms with E-state index in [0.717, 1.165) is 59.5 Å². The minimum absolute atomic E-state index is 0.539. The predicted octanol–water partition coefficient (Wildman–Crippen LogP) is 1.63. The van der Waals surface area contributed by atoms with Gasteiger partial charge >= 0.3 is 0 Å². The van der Waals surface area contributed by atoms with E-state index in [1.54, 1.807) is 16.9 Å². The van der Waals surface area contributed by atoms with Crippen molar-refractivity contribution in [1.82, 2.24) is 34.8 Å². The van der Waals surface area contributed by atoms with Crippen molar-refractivity contribution < 1.29 is 0 Å². The van der Waals surface area contributed by atoms with Gasteiger partial charge in [-0.2, -0.15) is 4.52 Å². The van der Waals surface area contributed by atoms with Gasteiger partial charge in [-0.25, -0.2) is 9.97 Å². The zero-order chi connectivity index (χ0) is 18.4. The number of pyridine rings is 1. The van der Waals surface area contributed by atoms with Gasteiger partial charge < -0.3 is 10.2 Å². The Morgan fingerprint density at radius 2 is 2.00 bits per heavy atom. The average molecular weight is 361 g/mol. The fourth-order valence-corrected chi connectivity index (χ4v) is 3.41. The summed E-state index contributed by atoms with van der Waals surface area (Å²) in [6, 6.07) is 5.91. The molecule has 1 aliphatic heterocycles. The first-order valence-electron chi connectivity index (χ1n) is 8.93. The Morgan fingerprint density at radius 3 is 2.89 bits per heavy atom. The average Bonchev–Trinajstić information content (AvgIpc) is 3.01. The highest BCUT2D eigenvalue weighted by Crippen LogP contribution is 2.25. The van der Waals surface area contributed by atoms with Crippen LogP contribution < -0.4 is 10.2 Å². The number of anilines is 2. The second kappa shape index (κ2) is 6.11. The van der Waals surface area contributed by atoms with Crippen LogP contribution in [0.1, 0.15) is 11.6 Å². The molecule has 0 bridgehead atoms. The molecule has 136 valence electrons. The normalized spacial score (nSPS) is 14.7. The van der Waals surface area contributed by atoms with Crippen molar-refractivity contribution in [3.63, 3.8) is 0 Å². The third kappa shape index (κ3) is 2.80. The maximum atomic E-state index is 4.63. The number of hydrogen-bond acceptors (Lipinski definition) is 8. The van der Waals surface area contributed by atoms with E-state index in [0.29, 0.717) is 5.92 Å². The molecule has 0 radical (unpaired) electrons. The van der Waals surface area contributed by atoms with Crippen LogP contribution in [0.25, 0.3) is 16.6 Å². The molecule has 0 saturated carbocycles. The van der Waals surface area contributed by atoms with E-state index in [9.17, 15) is 0 Å². The Hall–Kier alpha value is -3.36. The Kier molecular flexibility index (Phi) is 3.59. The molecule has 5 rings (SSSR count). The molecule has 1 N–H and O–H groups in total. The van der Waals surface area contributed by atoms with Crippen molar-refractivity contribution in [2.45, 2.75) is 13.8 Å². The molecule has 0 unspecified atom stereocenters. The maximum Gasteiger partial charge on any atom is 0.178 e. The summed E-state index contributed by atoms with van der Waals surface area (Å²) in [5, 5.41) is 17.3. The van der Waals surface area contributed by atoms with E-state index in [4.69, 9.17) is 0 Å². The fraction of sp³-hybridized carbons (Fsp3) is 0.333. The Balaban J connectivity index is 1.26. The van der Waals surface area contributed by atoms with Crippen molar-refractivity contribution >= 4 is 28.2 Å². The summed E-state index contributed by atoms with van der Waals surface area (Å²) in [5.74, 6) is 3.91. The number of nitrogens with one attached hydrogen (secondary N) is 1. The second-order valence-corrected chi connectivity index (χ2v) is 6.87. The zero-order valence-electron chi connectivity index (χ0n) is 15.2. The molecule has 9 heteroatoms. The van der Waals surface area contributed by atoms with Crippen molar-refractivity contribution in [3.8, 4) is 0 Å². The lowest BCUT2D eigenvalue weighted by atomic mass is 10.0. The number of aromatic nitrogens is 7. The van der Waals surface area contributed by atoms with Crippen molar-refractivity contribution in [1.29, 1.82) is 0 Å². The van der Waals surface area contributed by atoms with Gasteiger partial charge in [0.2, 0.25) is 0 Å². The van der Waals surface area contributed by atoms with Gasteiger partial charge in [0.05, 0.1) is 11.7 Å². The second-order valence-electron chi connectivity index (χ2n) is 6.87. The van der Waals surface area contributed by atoms with Crippen LogP contribution in [0.3, 0.4) is 0 Å². The van der Waals surface area contributed by atoms with Crippen molar-refractivity contribution in [3.05, 3.63) is 42.2 Å². The van der Waals surface area contributed by atoms with Crippen LogP contribution in [0, 0.1) is 19.8 Å². The lowest BCUT2D eigenvalue weighted by Crippen LogP contribution is -2.50. The van der Waals surface area contributed by atoms with E-state index in [2.05, 4.69) is 40.5 Å². The summed E-state index contributed by atoms with van der Waals surface area (Å²) in [6.45, 7) is 6.57. The molecular weight excluding hydrogens is 342 g/mol. The Bertz CT molecular complexity index is 1130. The highest BCUT2D eigenvalue weighted by atomic mass is 15.4. The number of nitrogens with zero attached hydrogens (tertiary/aromatic N) is 8. The molecular formula is C18H19N9. The van der Waals surface area contributed by atoms with E-state index >= 15 is 0 Å². The number of rotatable bonds is 4. The first-order chi connectivity index (χ1) is 13.2. The van der Waals surface area contributed by atoms with E-state index in [1.165, 1.54) is 0 Å². The van der Waals surface area contributed by atoms with E-state index < -0.39 is 0 Å². The van der Waals surface area contributed by atoms with Crippen LogP contribution in [0.5, 0.6) is 0 Å². The van der Waals surface area contributed by atoms with Gasteiger partial charge in [0, 0.05) is 37.1 Å². The largest absolute Gasteiger partial charge is 0.369 e. The SMILES string of the molecule is Cc1nc(NCC2CN(c3ccc4nnc(C)n4n3)C2)c2ccncc2n1. The van der Waals surface area contributed by atoms with Gasteiger partial charge in [0.1, 0.15) is 17.5 Å². The van der Waals surface area contributed by atoms with Gasteiger partial charge in [0.15, 0.2) is 11.5 Å². The Morgan fingerprint density at radius 1 is 1.11 bits per heavy atom. The predicted molar refractivity (Wildman–Crippen MR) is 102 cm³/mol. The first kappa shape index (κ1) is 15.9. The highest BCUT2D eigenvalue weighted by Gasteiger charge is 2.28. The summed E-state index contributed by atoms with van der Waals surface area (Å²) in [6.07, 6.45) is 3.54. The molecule has 1 saturated heterocycles. The van der Waals surface area contributed by atoms with Crippen LogP contribution in [-0.2, 0) is 0 Å². The van der Waals surface area contributed by atoms with Crippen LogP contribution in [0.4, 0.5) is 11.6 Å². The smallest absolute Gasteiger partial charge is 0.178 e. The molecule has 9 nitrogen and oxygen atoms in total. The summed E-state index contributed by atoms with van der Waals surface area (Å²) in [7, 11) is 0. The topological polar surface area (TPSA) is 97.0 Å². The van der Waals surface area contributed by atoms with Crippen molar-refractivity contribution in [2.24, 2.45) is 5.92 Å². The number of aryl methyl sites for hydroxylation is 2. The molecule has 5 heterocycles. The third-order valence-electron chi connectivity index (χ3n) is 4.86. The molecule has 0 aliphatic carbocycles. The quantitative estimate of drug-likeness (QED) is 0.586. The molecule has 1 fully saturated rings. The molecule has 4 aromatic rings. The molecule has 0 spiro atoms. The summed E-state index contributed by atoms with van der Waals surface area (Å²) < 4.78 is 1.78. The minimum atomic E-state index is 0.539. The summed E-state index contributed by atoms with van der Waals surface area (Å²) in [5.41, 5.74) is 1.64. The molecule has 0 aromatic carbocycles. The molecule has 0 atom stereocenters. The van der Waals surface area contributed by atoms with Crippen LogP contribution >= 0.6 is 0 Å². The number of hydrogen-bond donors (Lipinski definition) is 1. The zero-order valence-corrected chi connectivity index (χ0v) is 15.2. The highest BCUT2D eigenvalue weighted by molar-refractivity contribution is 5.88. The van der Waals surface area contributed by atoms with E-state index in [1.807, 2.05) is 32.0 Å². The molecule has 0 amide bonds.